The second-order valence-electron chi connectivity index (χ2n) is 7.59. The van der Waals surface area contributed by atoms with E-state index in [1.807, 2.05) is 54.1 Å². The predicted octanol–water partition coefficient (Wildman–Crippen LogP) is 4.04. The number of hydrogen-bond acceptors (Lipinski definition) is 6. The van der Waals surface area contributed by atoms with E-state index in [4.69, 9.17) is 9.47 Å². The van der Waals surface area contributed by atoms with Crippen molar-refractivity contribution in [3.63, 3.8) is 0 Å². The molecule has 3 aromatic rings. The molecular weight excluding hydrogens is 467 g/mol. The number of carbonyl (C=O) groups excluding carboxylic acids is 3. The van der Waals surface area contributed by atoms with E-state index in [1.54, 1.807) is 13.2 Å². The predicted molar refractivity (Wildman–Crippen MR) is 130 cm³/mol. The molecule has 9 nitrogen and oxygen atoms in total. The number of nitrogens with zero attached hydrogens (tertiary/aromatic N) is 2. The minimum Gasteiger partial charge on any atom is -0.497 e. The molecule has 0 atom stereocenters. The van der Waals surface area contributed by atoms with Crippen molar-refractivity contribution in [1.29, 1.82) is 5.26 Å². The number of nitriles is 1. The number of para-hydroxylation sites is 1. The first-order chi connectivity index (χ1) is 17.2. The molecule has 36 heavy (non-hydrogen) atoms. The third kappa shape index (κ3) is 6.15. The summed E-state index contributed by atoms with van der Waals surface area (Å²) in [6, 6.07) is 15.4. The fourth-order valence-corrected chi connectivity index (χ4v) is 3.44. The summed E-state index contributed by atoms with van der Waals surface area (Å²) in [6.45, 7) is 2.91. The second kappa shape index (κ2) is 11.5. The maximum atomic E-state index is 13.6. The Labute approximate surface area is 206 Å². The summed E-state index contributed by atoms with van der Waals surface area (Å²) in [6.07, 6.45) is 1.37. The molecule has 0 saturated heterocycles. The molecular formula is C26H23FN4O5. The molecule has 0 radical (unpaired) electrons. The van der Waals surface area contributed by atoms with Crippen molar-refractivity contribution >= 4 is 29.7 Å². The fraction of sp³-hybridized carbons (Fsp3) is 0.154. The molecule has 3 rings (SSSR count). The maximum Gasteiger partial charge on any atom is 0.349 e. The third-order valence-electron chi connectivity index (χ3n) is 5.15. The molecule has 0 aliphatic heterocycles. The molecule has 2 N–H and O–H groups in total. The van der Waals surface area contributed by atoms with Crippen LogP contribution < -0.4 is 15.4 Å². The monoisotopic (exact) mass is 490 g/mol. The number of aryl methyl sites for hydroxylation is 1. The van der Waals surface area contributed by atoms with Gasteiger partial charge in [-0.25, -0.2) is 14.0 Å². The number of halogens is 1. The van der Waals surface area contributed by atoms with Gasteiger partial charge in [0.15, 0.2) is 6.61 Å². The Bertz CT molecular complexity index is 1370. The van der Waals surface area contributed by atoms with Gasteiger partial charge in [0.05, 0.1) is 12.8 Å². The number of ether oxygens (including phenoxy) is 2. The first kappa shape index (κ1) is 25.7. The lowest BCUT2D eigenvalue weighted by atomic mass is 10.1. The van der Waals surface area contributed by atoms with E-state index in [2.05, 4.69) is 5.32 Å². The average molecular weight is 490 g/mol. The number of anilines is 1. The number of urea groups is 1. The number of aromatic nitrogens is 1. The topological polar surface area (TPSA) is 122 Å². The number of rotatable bonds is 7. The van der Waals surface area contributed by atoms with Gasteiger partial charge in [-0.2, -0.15) is 5.26 Å². The van der Waals surface area contributed by atoms with E-state index in [0.29, 0.717) is 11.3 Å². The number of amides is 3. The Kier molecular flexibility index (Phi) is 8.20. The van der Waals surface area contributed by atoms with Crippen LogP contribution in [0.4, 0.5) is 14.9 Å². The number of carbonyl (C=O) groups is 3. The van der Waals surface area contributed by atoms with Crippen LogP contribution in [0, 0.1) is 31.0 Å². The van der Waals surface area contributed by atoms with Crippen molar-refractivity contribution in [3.05, 3.63) is 82.9 Å². The maximum absolute atomic E-state index is 13.6. The van der Waals surface area contributed by atoms with Gasteiger partial charge in [0.2, 0.25) is 0 Å². The summed E-state index contributed by atoms with van der Waals surface area (Å²) in [7, 11) is 1.58. The van der Waals surface area contributed by atoms with E-state index in [0.717, 1.165) is 23.1 Å². The number of imide groups is 1. The lowest BCUT2D eigenvalue weighted by Gasteiger charge is -2.10. The molecule has 2 aromatic carbocycles. The highest BCUT2D eigenvalue weighted by molar-refractivity contribution is 6.03. The molecule has 1 heterocycles. The van der Waals surface area contributed by atoms with E-state index in [-0.39, 0.29) is 11.3 Å². The molecule has 0 bridgehead atoms. The zero-order valence-corrected chi connectivity index (χ0v) is 19.8. The van der Waals surface area contributed by atoms with E-state index in [1.165, 1.54) is 24.3 Å². The van der Waals surface area contributed by atoms with E-state index >= 15 is 0 Å². The van der Waals surface area contributed by atoms with Crippen LogP contribution >= 0.6 is 0 Å². The van der Waals surface area contributed by atoms with Crippen molar-refractivity contribution < 1.29 is 28.2 Å². The van der Waals surface area contributed by atoms with Crippen molar-refractivity contribution in [2.24, 2.45) is 0 Å². The summed E-state index contributed by atoms with van der Waals surface area (Å²) in [5, 5.41) is 13.5. The SMILES string of the molecule is COc1ccc(-n2c(C)cc(/C=C(\C#N)C(=O)OCC(=O)NC(=O)Nc3ccccc3F)c2C)cc1. The van der Waals surface area contributed by atoms with Gasteiger partial charge in [-0.15, -0.1) is 0 Å². The van der Waals surface area contributed by atoms with Crippen molar-refractivity contribution in [2.75, 3.05) is 19.0 Å². The summed E-state index contributed by atoms with van der Waals surface area (Å²) >= 11 is 0. The largest absolute Gasteiger partial charge is 0.497 e. The van der Waals surface area contributed by atoms with Gasteiger partial charge in [0.1, 0.15) is 23.2 Å². The molecule has 1 aromatic heterocycles. The highest BCUT2D eigenvalue weighted by Crippen LogP contribution is 2.24. The Morgan fingerprint density at radius 2 is 1.81 bits per heavy atom. The molecule has 0 aliphatic carbocycles. The number of esters is 1. The van der Waals surface area contributed by atoms with E-state index in [9.17, 15) is 24.0 Å². The number of hydrogen-bond donors (Lipinski definition) is 2. The zero-order chi connectivity index (χ0) is 26.2. The van der Waals surface area contributed by atoms with Crippen molar-refractivity contribution in [2.45, 2.75) is 13.8 Å². The van der Waals surface area contributed by atoms with Gasteiger partial charge in [0.25, 0.3) is 5.91 Å². The Hall–Kier alpha value is -4.91. The summed E-state index contributed by atoms with van der Waals surface area (Å²) in [5.74, 6) is -1.95. The normalized spacial score (nSPS) is 10.8. The van der Waals surface area contributed by atoms with Crippen LogP contribution in [0.1, 0.15) is 17.0 Å². The van der Waals surface area contributed by atoms with Gasteiger partial charge >= 0.3 is 12.0 Å². The van der Waals surface area contributed by atoms with Crippen LogP contribution in [-0.4, -0.2) is 36.2 Å². The number of methoxy groups -OCH3 is 1. The Morgan fingerprint density at radius 3 is 2.44 bits per heavy atom. The second-order valence-corrected chi connectivity index (χ2v) is 7.59. The Morgan fingerprint density at radius 1 is 1.11 bits per heavy atom. The molecule has 10 heteroatoms. The quantitative estimate of drug-likeness (QED) is 0.293. The molecule has 0 saturated carbocycles. The lowest BCUT2D eigenvalue weighted by molar-refractivity contribution is -0.144. The molecule has 0 spiro atoms. The summed E-state index contributed by atoms with van der Waals surface area (Å²) in [5.41, 5.74) is 2.69. The van der Waals surface area contributed by atoms with Crippen LogP contribution in [0.25, 0.3) is 11.8 Å². The molecule has 3 amide bonds. The minimum absolute atomic E-state index is 0.123. The molecule has 0 fully saturated rings. The summed E-state index contributed by atoms with van der Waals surface area (Å²) in [4.78, 5) is 36.2. The number of nitrogens with one attached hydrogen (secondary N) is 2. The lowest BCUT2D eigenvalue weighted by Crippen LogP contribution is -2.37. The number of benzene rings is 2. The van der Waals surface area contributed by atoms with Crippen molar-refractivity contribution in [1.82, 2.24) is 9.88 Å². The standard InChI is InChI=1S/C26H23FN4O5/c1-16-12-18(17(2)31(16)20-8-10-21(35-3)11-9-20)13-19(14-28)25(33)36-15-24(32)30-26(34)29-23-7-5-4-6-22(23)27/h4-13H,15H2,1-3H3,(H2,29,30,32,34)/b19-13+. The third-order valence-corrected chi connectivity index (χ3v) is 5.15. The minimum atomic E-state index is -1.03. The van der Waals surface area contributed by atoms with Gasteiger partial charge in [0, 0.05) is 17.1 Å². The highest BCUT2D eigenvalue weighted by Gasteiger charge is 2.17. The van der Waals surface area contributed by atoms with Crippen LogP contribution in [-0.2, 0) is 14.3 Å². The summed E-state index contributed by atoms with van der Waals surface area (Å²) < 4.78 is 25.6. The van der Waals surface area contributed by atoms with Gasteiger partial charge in [-0.1, -0.05) is 12.1 Å². The average Bonchev–Trinajstić information content (AvgIpc) is 3.14. The molecule has 0 unspecified atom stereocenters. The zero-order valence-electron chi connectivity index (χ0n) is 19.8. The Balaban J connectivity index is 1.65. The van der Waals surface area contributed by atoms with Crippen molar-refractivity contribution in [3.8, 4) is 17.5 Å². The van der Waals surface area contributed by atoms with Crippen LogP contribution in [0.2, 0.25) is 0 Å². The van der Waals surface area contributed by atoms with Crippen LogP contribution in [0.15, 0.2) is 60.2 Å². The van der Waals surface area contributed by atoms with E-state index < -0.39 is 30.3 Å². The van der Waals surface area contributed by atoms with Gasteiger partial charge in [-0.05, 0) is 68.0 Å². The highest BCUT2D eigenvalue weighted by atomic mass is 19.1. The molecule has 0 aliphatic rings. The first-order valence-electron chi connectivity index (χ1n) is 10.7. The van der Waals surface area contributed by atoms with Crippen LogP contribution in [0.5, 0.6) is 5.75 Å². The smallest absolute Gasteiger partial charge is 0.349 e. The van der Waals surface area contributed by atoms with Gasteiger partial charge in [-0.3, -0.25) is 10.1 Å². The van der Waals surface area contributed by atoms with Gasteiger partial charge < -0.3 is 19.4 Å². The first-order valence-corrected chi connectivity index (χ1v) is 10.7. The molecule has 184 valence electrons. The van der Waals surface area contributed by atoms with Crippen LogP contribution in [0.3, 0.4) is 0 Å². The fourth-order valence-electron chi connectivity index (χ4n) is 3.44.